The molecule has 2 saturated heterocycles. The largest absolute Gasteiger partial charge is 0.496 e. The van der Waals surface area contributed by atoms with Gasteiger partial charge in [0.05, 0.1) is 14.2 Å². The molecular formula is C21H35N3O3. The topological polar surface area (TPSA) is 48.4 Å². The molecule has 2 fully saturated rings. The number of piperazine rings is 1. The molecule has 0 amide bonds. The van der Waals surface area contributed by atoms with Gasteiger partial charge in [-0.3, -0.25) is 4.90 Å². The lowest BCUT2D eigenvalue weighted by molar-refractivity contribution is 0.116. The second-order valence-corrected chi connectivity index (χ2v) is 8.09. The average Bonchev–Trinajstić information content (AvgIpc) is 3.05. The Morgan fingerprint density at radius 3 is 2.33 bits per heavy atom. The first-order chi connectivity index (χ1) is 13.0. The minimum absolute atomic E-state index is 0.272. The highest BCUT2D eigenvalue weighted by atomic mass is 16.5. The molecule has 3 rings (SSSR count). The van der Waals surface area contributed by atoms with E-state index >= 15 is 0 Å². The molecule has 6 nitrogen and oxygen atoms in total. The van der Waals surface area contributed by atoms with E-state index in [4.69, 9.17) is 9.47 Å². The summed E-state index contributed by atoms with van der Waals surface area (Å²) in [6.45, 7) is 10.8. The van der Waals surface area contributed by atoms with Crippen LogP contribution in [0.4, 0.5) is 0 Å². The Bertz CT molecular complexity index is 617. The molecular weight excluding hydrogens is 342 g/mol. The fraction of sp³-hybridized carbons (Fsp3) is 0.714. The number of benzene rings is 1. The van der Waals surface area contributed by atoms with E-state index < -0.39 is 0 Å². The van der Waals surface area contributed by atoms with Crippen LogP contribution in [-0.2, 0) is 6.54 Å². The Morgan fingerprint density at radius 1 is 1.00 bits per heavy atom. The zero-order chi connectivity index (χ0) is 19.4. The van der Waals surface area contributed by atoms with Gasteiger partial charge in [-0.25, -0.2) is 0 Å². The fourth-order valence-electron chi connectivity index (χ4n) is 4.54. The van der Waals surface area contributed by atoms with Crippen LogP contribution < -0.4 is 9.47 Å². The highest BCUT2D eigenvalue weighted by Gasteiger charge is 2.34. The van der Waals surface area contributed by atoms with E-state index in [0.717, 1.165) is 69.4 Å². The van der Waals surface area contributed by atoms with Gasteiger partial charge in [-0.2, -0.15) is 0 Å². The molecule has 1 N–H and O–H groups in total. The van der Waals surface area contributed by atoms with E-state index in [1.807, 2.05) is 13.0 Å². The molecule has 2 aliphatic heterocycles. The molecule has 2 aliphatic rings. The Kier molecular flexibility index (Phi) is 6.98. The first-order valence-electron chi connectivity index (χ1n) is 10.00. The second-order valence-electron chi connectivity index (χ2n) is 8.09. The van der Waals surface area contributed by atoms with E-state index in [9.17, 15) is 5.11 Å². The molecule has 27 heavy (non-hydrogen) atoms. The molecule has 0 aromatic heterocycles. The van der Waals surface area contributed by atoms with Gasteiger partial charge in [0.15, 0.2) is 0 Å². The number of likely N-dealkylation sites (tertiary alicyclic amines) is 1. The molecule has 0 bridgehead atoms. The quantitative estimate of drug-likeness (QED) is 0.773. The SMILES string of the molecule is COc1ccc(CN2C[C@@H](CN3CCN(C)CC3)[C@@H](CO)C2)c(OC)c1C. The number of nitrogens with zero attached hydrogens (tertiary/aromatic N) is 3. The summed E-state index contributed by atoms with van der Waals surface area (Å²) < 4.78 is 11.1. The summed E-state index contributed by atoms with van der Waals surface area (Å²) in [5, 5.41) is 9.91. The van der Waals surface area contributed by atoms with Crippen molar-refractivity contribution < 1.29 is 14.6 Å². The first kappa shape index (κ1) is 20.4. The van der Waals surface area contributed by atoms with Crippen molar-refractivity contribution in [2.24, 2.45) is 11.8 Å². The third-order valence-corrected chi connectivity index (χ3v) is 6.23. The predicted molar refractivity (Wildman–Crippen MR) is 108 cm³/mol. The smallest absolute Gasteiger partial charge is 0.129 e. The van der Waals surface area contributed by atoms with Gasteiger partial charge >= 0.3 is 0 Å². The summed E-state index contributed by atoms with van der Waals surface area (Å²) in [7, 11) is 5.61. The lowest BCUT2D eigenvalue weighted by Gasteiger charge is -2.34. The summed E-state index contributed by atoms with van der Waals surface area (Å²) in [5.74, 6) is 2.66. The van der Waals surface area contributed by atoms with Crippen LogP contribution in [0.5, 0.6) is 11.5 Å². The summed E-state index contributed by atoms with van der Waals surface area (Å²) in [4.78, 5) is 7.42. The summed E-state index contributed by atoms with van der Waals surface area (Å²) in [6.07, 6.45) is 0. The van der Waals surface area contributed by atoms with E-state index in [1.54, 1.807) is 14.2 Å². The van der Waals surface area contributed by atoms with Crippen LogP contribution in [0.2, 0.25) is 0 Å². The minimum Gasteiger partial charge on any atom is -0.496 e. The number of hydrogen-bond acceptors (Lipinski definition) is 6. The monoisotopic (exact) mass is 377 g/mol. The standard InChI is InChI=1S/C21H35N3O3/c1-16-20(26-3)6-5-17(21(16)27-4)11-24-13-18(19(14-24)15-25)12-23-9-7-22(2)8-10-23/h5-6,18-19,25H,7-15H2,1-4H3/t18-,19-/m1/s1. The van der Waals surface area contributed by atoms with Gasteiger partial charge in [0.25, 0.3) is 0 Å². The van der Waals surface area contributed by atoms with Crippen molar-refractivity contribution in [1.82, 2.24) is 14.7 Å². The van der Waals surface area contributed by atoms with Crippen molar-refractivity contribution in [3.05, 3.63) is 23.3 Å². The highest BCUT2D eigenvalue weighted by molar-refractivity contribution is 5.49. The van der Waals surface area contributed by atoms with Crippen LogP contribution in [0.1, 0.15) is 11.1 Å². The molecule has 0 radical (unpaired) electrons. The molecule has 0 unspecified atom stereocenters. The predicted octanol–water partition coefficient (Wildman–Crippen LogP) is 1.30. The van der Waals surface area contributed by atoms with Gasteiger partial charge in [-0.05, 0) is 31.9 Å². The Labute approximate surface area is 163 Å². The maximum Gasteiger partial charge on any atom is 0.129 e. The minimum atomic E-state index is 0.272. The molecule has 0 aliphatic carbocycles. The van der Waals surface area contributed by atoms with Crippen LogP contribution in [-0.4, -0.2) is 93.5 Å². The van der Waals surface area contributed by atoms with Gasteiger partial charge in [0.1, 0.15) is 11.5 Å². The van der Waals surface area contributed by atoms with Crippen molar-refractivity contribution in [3.63, 3.8) is 0 Å². The summed E-state index contributed by atoms with van der Waals surface area (Å²) >= 11 is 0. The maximum atomic E-state index is 9.91. The molecule has 0 spiro atoms. The Balaban J connectivity index is 1.64. The normalized spacial score (nSPS) is 25.1. The van der Waals surface area contributed by atoms with E-state index in [0.29, 0.717) is 11.8 Å². The summed E-state index contributed by atoms with van der Waals surface area (Å²) in [6, 6.07) is 4.13. The number of likely N-dealkylation sites (N-methyl/N-ethyl adjacent to an activating group) is 1. The second kappa shape index (κ2) is 9.24. The van der Waals surface area contributed by atoms with E-state index in [1.165, 1.54) is 5.56 Å². The third kappa shape index (κ3) is 4.74. The van der Waals surface area contributed by atoms with Crippen LogP contribution in [0, 0.1) is 18.8 Å². The first-order valence-corrected chi connectivity index (χ1v) is 10.00. The molecule has 2 heterocycles. The van der Waals surface area contributed by atoms with E-state index in [2.05, 4.69) is 27.8 Å². The molecule has 152 valence electrons. The van der Waals surface area contributed by atoms with Crippen molar-refractivity contribution in [2.75, 3.05) is 73.7 Å². The molecule has 1 aromatic rings. The number of aliphatic hydroxyl groups is 1. The fourth-order valence-corrected chi connectivity index (χ4v) is 4.54. The molecule has 1 aromatic carbocycles. The van der Waals surface area contributed by atoms with Crippen molar-refractivity contribution in [1.29, 1.82) is 0 Å². The van der Waals surface area contributed by atoms with Crippen LogP contribution in [0.25, 0.3) is 0 Å². The number of methoxy groups -OCH3 is 2. The number of hydrogen-bond donors (Lipinski definition) is 1. The van der Waals surface area contributed by atoms with Crippen LogP contribution in [0.3, 0.4) is 0 Å². The van der Waals surface area contributed by atoms with Gasteiger partial charge in [0, 0.05) is 70.1 Å². The highest BCUT2D eigenvalue weighted by Crippen LogP contribution is 2.34. The van der Waals surface area contributed by atoms with Crippen molar-refractivity contribution >= 4 is 0 Å². The van der Waals surface area contributed by atoms with Crippen molar-refractivity contribution in [2.45, 2.75) is 13.5 Å². The van der Waals surface area contributed by atoms with Gasteiger partial charge in [-0.15, -0.1) is 0 Å². The molecule has 0 saturated carbocycles. The maximum absolute atomic E-state index is 9.91. The van der Waals surface area contributed by atoms with E-state index in [-0.39, 0.29) is 6.61 Å². The number of ether oxygens (including phenoxy) is 2. The van der Waals surface area contributed by atoms with Crippen molar-refractivity contribution in [3.8, 4) is 11.5 Å². The zero-order valence-electron chi connectivity index (χ0n) is 17.3. The average molecular weight is 378 g/mol. The molecule has 6 heteroatoms. The number of aliphatic hydroxyl groups excluding tert-OH is 1. The summed E-state index contributed by atoms with van der Waals surface area (Å²) in [5.41, 5.74) is 2.23. The zero-order valence-corrected chi connectivity index (χ0v) is 17.3. The van der Waals surface area contributed by atoms with Gasteiger partial charge in [0.2, 0.25) is 0 Å². The lowest BCUT2D eigenvalue weighted by Crippen LogP contribution is -2.47. The lowest BCUT2D eigenvalue weighted by atomic mass is 9.96. The van der Waals surface area contributed by atoms with Crippen LogP contribution >= 0.6 is 0 Å². The van der Waals surface area contributed by atoms with Gasteiger partial charge < -0.3 is 24.4 Å². The Morgan fingerprint density at radius 2 is 1.70 bits per heavy atom. The Hall–Kier alpha value is -1.34. The van der Waals surface area contributed by atoms with Gasteiger partial charge in [-0.1, -0.05) is 6.07 Å². The van der Waals surface area contributed by atoms with Crippen LogP contribution in [0.15, 0.2) is 12.1 Å². The third-order valence-electron chi connectivity index (χ3n) is 6.23. The number of rotatable bonds is 7. The molecule has 2 atom stereocenters.